The number of amides is 2. The van der Waals surface area contributed by atoms with E-state index in [0.29, 0.717) is 23.7 Å². The number of hydrogen-bond donors (Lipinski definition) is 2. The highest BCUT2D eigenvalue weighted by molar-refractivity contribution is 7.91. The molecule has 1 aliphatic rings. The number of anilines is 1. The smallest absolute Gasteiger partial charge is 0.279 e. The Morgan fingerprint density at radius 3 is 2.63 bits per heavy atom. The maximum Gasteiger partial charge on any atom is 0.279 e. The van der Waals surface area contributed by atoms with E-state index < -0.39 is 9.84 Å². The average molecular weight is 417 g/mol. The third-order valence-corrected chi connectivity index (χ3v) is 6.92. The highest BCUT2D eigenvalue weighted by Crippen LogP contribution is 2.20. The van der Waals surface area contributed by atoms with Crippen LogP contribution in [0.15, 0.2) is 18.2 Å². The second-order valence-corrected chi connectivity index (χ2v) is 9.69. The van der Waals surface area contributed by atoms with E-state index in [0.717, 1.165) is 10.5 Å². The molecular weight excluding hydrogens is 390 g/mol. The van der Waals surface area contributed by atoms with E-state index in [4.69, 9.17) is 11.6 Å². The fraction of sp³-hybridized carbons (Fsp3) is 0.556. The average Bonchev–Trinajstić information content (AvgIpc) is 2.96. The lowest BCUT2D eigenvalue weighted by Gasteiger charge is -2.25. The van der Waals surface area contributed by atoms with E-state index in [2.05, 4.69) is 5.32 Å². The van der Waals surface area contributed by atoms with Gasteiger partial charge in [-0.15, -0.1) is 0 Å². The summed E-state index contributed by atoms with van der Waals surface area (Å²) >= 11 is 5.97. The van der Waals surface area contributed by atoms with Gasteiger partial charge in [0.1, 0.15) is 0 Å². The van der Waals surface area contributed by atoms with Crippen LogP contribution in [-0.4, -0.2) is 69.4 Å². The Labute approximate surface area is 165 Å². The number of aryl methyl sites for hydroxylation is 1. The monoisotopic (exact) mass is 416 g/mol. The molecule has 1 aromatic carbocycles. The van der Waals surface area contributed by atoms with Gasteiger partial charge in [-0.3, -0.25) is 9.59 Å². The molecule has 1 heterocycles. The number of nitrogens with one attached hydrogen (secondary N) is 2. The minimum Gasteiger partial charge on any atom is -0.337 e. The molecule has 1 saturated heterocycles. The van der Waals surface area contributed by atoms with Crippen molar-refractivity contribution in [3.8, 4) is 0 Å². The van der Waals surface area contributed by atoms with Gasteiger partial charge in [0.05, 0.1) is 18.1 Å². The van der Waals surface area contributed by atoms with Crippen molar-refractivity contribution in [1.29, 1.82) is 0 Å². The predicted molar refractivity (Wildman–Crippen MR) is 106 cm³/mol. The molecule has 1 fully saturated rings. The third kappa shape index (κ3) is 6.19. The Balaban J connectivity index is 1.91. The molecule has 1 aromatic rings. The molecule has 2 atom stereocenters. The van der Waals surface area contributed by atoms with E-state index in [1.165, 1.54) is 4.90 Å². The van der Waals surface area contributed by atoms with Crippen molar-refractivity contribution < 1.29 is 22.9 Å². The standard InChI is InChI=1S/C18H26ClN3O4S/c1-4-22(10-17(23)20-16-9-14(19)6-5-13(16)2)11-18(24)21(3)15-7-8-27(25,26)12-15/h5-6,9,15H,4,7-8,10-12H2,1-3H3,(H,20,23)/p+1/t15-/m1/s1. The van der Waals surface area contributed by atoms with Gasteiger partial charge >= 0.3 is 0 Å². The quantitative estimate of drug-likeness (QED) is 0.661. The summed E-state index contributed by atoms with van der Waals surface area (Å²) in [6.07, 6.45) is 0.473. The molecule has 9 heteroatoms. The molecule has 0 saturated carbocycles. The van der Waals surface area contributed by atoms with Crippen LogP contribution in [0.25, 0.3) is 0 Å². The summed E-state index contributed by atoms with van der Waals surface area (Å²) in [6.45, 7) is 4.67. The molecule has 150 valence electrons. The van der Waals surface area contributed by atoms with Crippen LogP contribution in [0.5, 0.6) is 0 Å². The molecule has 0 aromatic heterocycles. The van der Waals surface area contributed by atoms with Gasteiger partial charge in [0.15, 0.2) is 22.9 Å². The molecule has 2 N–H and O–H groups in total. The lowest BCUT2D eigenvalue weighted by atomic mass is 10.2. The molecule has 0 spiro atoms. The van der Waals surface area contributed by atoms with Crippen LogP contribution >= 0.6 is 11.6 Å². The van der Waals surface area contributed by atoms with Gasteiger partial charge in [0, 0.05) is 23.8 Å². The zero-order chi connectivity index (χ0) is 20.2. The summed E-state index contributed by atoms with van der Waals surface area (Å²) in [5.74, 6) is -0.205. The molecule has 1 aliphatic heterocycles. The Bertz CT molecular complexity index is 813. The largest absolute Gasteiger partial charge is 0.337 e. The topological polar surface area (TPSA) is 88.0 Å². The van der Waals surface area contributed by atoms with Gasteiger partial charge < -0.3 is 15.1 Å². The fourth-order valence-electron chi connectivity index (χ4n) is 3.09. The number of halogens is 1. The summed E-state index contributed by atoms with van der Waals surface area (Å²) in [6, 6.07) is 5.01. The Hall–Kier alpha value is -1.64. The van der Waals surface area contributed by atoms with Crippen LogP contribution in [0.2, 0.25) is 5.02 Å². The lowest BCUT2D eigenvalue weighted by molar-refractivity contribution is -0.882. The Morgan fingerprint density at radius 1 is 1.33 bits per heavy atom. The van der Waals surface area contributed by atoms with Crippen molar-refractivity contribution in [2.45, 2.75) is 26.3 Å². The first-order valence-corrected chi connectivity index (χ1v) is 11.2. The van der Waals surface area contributed by atoms with Gasteiger partial charge in [-0.05, 0) is 38.0 Å². The van der Waals surface area contributed by atoms with Crippen molar-refractivity contribution in [2.75, 3.05) is 43.5 Å². The number of rotatable bonds is 7. The summed E-state index contributed by atoms with van der Waals surface area (Å²) in [5.41, 5.74) is 1.56. The van der Waals surface area contributed by atoms with E-state index in [1.807, 2.05) is 19.9 Å². The molecular formula is C18H27ClN3O4S+. The maximum absolute atomic E-state index is 12.5. The number of sulfone groups is 1. The van der Waals surface area contributed by atoms with Crippen LogP contribution in [0.3, 0.4) is 0 Å². The highest BCUT2D eigenvalue weighted by Gasteiger charge is 2.33. The second-order valence-electron chi connectivity index (χ2n) is 7.03. The van der Waals surface area contributed by atoms with Crippen LogP contribution in [-0.2, 0) is 19.4 Å². The predicted octanol–water partition coefficient (Wildman–Crippen LogP) is 0.137. The van der Waals surface area contributed by atoms with Crippen LogP contribution in [0.4, 0.5) is 5.69 Å². The molecule has 1 unspecified atom stereocenters. The molecule has 2 rings (SSSR count). The van der Waals surface area contributed by atoms with E-state index in [9.17, 15) is 18.0 Å². The zero-order valence-electron chi connectivity index (χ0n) is 15.9. The molecule has 7 nitrogen and oxygen atoms in total. The van der Waals surface area contributed by atoms with E-state index >= 15 is 0 Å². The summed E-state index contributed by atoms with van der Waals surface area (Å²) < 4.78 is 23.2. The van der Waals surface area contributed by atoms with Gasteiger partial charge in [-0.1, -0.05) is 17.7 Å². The number of carbonyl (C=O) groups excluding carboxylic acids is 2. The Morgan fingerprint density at radius 2 is 2.04 bits per heavy atom. The first kappa shape index (κ1) is 21.7. The first-order chi connectivity index (χ1) is 12.6. The lowest BCUT2D eigenvalue weighted by Crippen LogP contribution is -3.14. The molecule has 0 aliphatic carbocycles. The summed E-state index contributed by atoms with van der Waals surface area (Å²) in [5, 5.41) is 3.38. The Kier molecular flexibility index (Phi) is 7.25. The summed E-state index contributed by atoms with van der Waals surface area (Å²) in [7, 11) is -1.41. The van der Waals surface area contributed by atoms with Crippen molar-refractivity contribution in [3.05, 3.63) is 28.8 Å². The minimum atomic E-state index is -3.04. The van der Waals surface area contributed by atoms with Crippen molar-refractivity contribution in [1.82, 2.24) is 4.90 Å². The zero-order valence-corrected chi connectivity index (χ0v) is 17.5. The van der Waals surface area contributed by atoms with E-state index in [1.54, 1.807) is 19.2 Å². The fourth-order valence-corrected chi connectivity index (χ4v) is 5.03. The number of benzene rings is 1. The molecule has 0 radical (unpaired) electrons. The third-order valence-electron chi connectivity index (χ3n) is 4.94. The van der Waals surface area contributed by atoms with Crippen LogP contribution < -0.4 is 10.2 Å². The minimum absolute atomic E-state index is 0.0191. The highest BCUT2D eigenvalue weighted by atomic mass is 35.5. The number of nitrogens with zero attached hydrogens (tertiary/aromatic N) is 1. The summed E-state index contributed by atoms with van der Waals surface area (Å²) in [4.78, 5) is 27.2. The number of quaternary nitrogens is 1. The van der Waals surface area contributed by atoms with Gasteiger partial charge in [-0.2, -0.15) is 0 Å². The van der Waals surface area contributed by atoms with Gasteiger partial charge in [0.2, 0.25) is 0 Å². The number of likely N-dealkylation sites (N-methyl/N-ethyl adjacent to an activating group) is 2. The van der Waals surface area contributed by atoms with Gasteiger partial charge in [0.25, 0.3) is 11.8 Å². The van der Waals surface area contributed by atoms with Crippen LogP contribution in [0.1, 0.15) is 18.9 Å². The van der Waals surface area contributed by atoms with Gasteiger partial charge in [-0.25, -0.2) is 8.42 Å². The molecule has 0 bridgehead atoms. The SMILES string of the molecule is CC[NH+](CC(=O)Nc1cc(Cl)ccc1C)CC(=O)N(C)[C@@H]1CCS(=O)(=O)C1. The van der Waals surface area contributed by atoms with Crippen molar-refractivity contribution >= 4 is 38.9 Å². The van der Waals surface area contributed by atoms with E-state index in [-0.39, 0.29) is 42.5 Å². The number of hydrogen-bond acceptors (Lipinski definition) is 4. The van der Waals surface area contributed by atoms with Crippen molar-refractivity contribution in [2.24, 2.45) is 0 Å². The van der Waals surface area contributed by atoms with Crippen LogP contribution in [0, 0.1) is 6.92 Å². The maximum atomic E-state index is 12.5. The van der Waals surface area contributed by atoms with Crippen molar-refractivity contribution in [3.63, 3.8) is 0 Å². The normalized spacial score (nSPS) is 19.5. The molecule has 27 heavy (non-hydrogen) atoms. The number of carbonyl (C=O) groups is 2. The second kappa shape index (κ2) is 9.03. The first-order valence-electron chi connectivity index (χ1n) is 8.97. The molecule has 2 amide bonds.